The zero-order chi connectivity index (χ0) is 11.5. The van der Waals surface area contributed by atoms with Crippen molar-refractivity contribution in [2.75, 3.05) is 0 Å². The monoisotopic (exact) mass is 202 g/mol. The molecule has 0 spiro atoms. The lowest BCUT2D eigenvalue weighted by Gasteiger charge is -2.19. The van der Waals surface area contributed by atoms with Crippen molar-refractivity contribution in [3.63, 3.8) is 0 Å². The average Bonchev–Trinajstić information content (AvgIpc) is 2.14. The first-order chi connectivity index (χ1) is 6.89. The number of hydrogen-bond acceptors (Lipinski definition) is 0. The maximum absolute atomic E-state index is 2.32. The minimum Gasteiger partial charge on any atom is -0.0815 e. The van der Waals surface area contributed by atoms with Gasteiger partial charge in [0.1, 0.15) is 0 Å². The third-order valence-electron chi connectivity index (χ3n) is 2.54. The Kier molecular flexibility index (Phi) is 3.73. The van der Waals surface area contributed by atoms with Gasteiger partial charge in [-0.2, -0.15) is 0 Å². The van der Waals surface area contributed by atoms with E-state index >= 15 is 0 Å². The van der Waals surface area contributed by atoms with Crippen LogP contribution in [0.1, 0.15) is 45.7 Å². The number of allylic oxidation sites excluding steroid dienone is 2. The summed E-state index contributed by atoms with van der Waals surface area (Å²) in [5.41, 5.74) is 4.46. The standard InChI is InChI=1S/C15H22/c1-12(2)9-10-13-7-6-8-14(11-13)15(3,4)5/h6-9,11H,10H2,1-5H3. The van der Waals surface area contributed by atoms with Gasteiger partial charge in [0.25, 0.3) is 0 Å². The summed E-state index contributed by atoms with van der Waals surface area (Å²) in [6.07, 6.45) is 3.33. The molecule has 1 aromatic carbocycles. The first-order valence-electron chi connectivity index (χ1n) is 5.62. The Morgan fingerprint density at radius 2 is 1.87 bits per heavy atom. The molecule has 0 amide bonds. The van der Waals surface area contributed by atoms with Crippen molar-refractivity contribution in [3.05, 3.63) is 47.0 Å². The molecule has 0 nitrogen and oxygen atoms in total. The van der Waals surface area contributed by atoms with Gasteiger partial charge in [-0.15, -0.1) is 0 Å². The fourth-order valence-electron chi connectivity index (χ4n) is 1.49. The van der Waals surface area contributed by atoms with Gasteiger partial charge in [0.15, 0.2) is 0 Å². The lowest BCUT2D eigenvalue weighted by atomic mass is 9.86. The van der Waals surface area contributed by atoms with Crippen LogP contribution in [0, 0.1) is 0 Å². The molecule has 0 radical (unpaired) electrons. The minimum absolute atomic E-state index is 0.251. The molecule has 1 aromatic rings. The molecule has 0 fully saturated rings. The lowest BCUT2D eigenvalue weighted by Crippen LogP contribution is -2.11. The Balaban J connectivity index is 2.89. The highest BCUT2D eigenvalue weighted by molar-refractivity contribution is 5.29. The highest BCUT2D eigenvalue weighted by Crippen LogP contribution is 2.23. The van der Waals surface area contributed by atoms with E-state index in [-0.39, 0.29) is 5.41 Å². The molecule has 0 saturated carbocycles. The molecule has 0 unspecified atom stereocenters. The molecule has 0 saturated heterocycles. The van der Waals surface area contributed by atoms with Crippen molar-refractivity contribution in [2.24, 2.45) is 0 Å². The summed E-state index contributed by atoms with van der Waals surface area (Å²) >= 11 is 0. The van der Waals surface area contributed by atoms with Gasteiger partial charge >= 0.3 is 0 Å². The Bertz CT molecular complexity index is 347. The van der Waals surface area contributed by atoms with Crippen molar-refractivity contribution in [3.8, 4) is 0 Å². The van der Waals surface area contributed by atoms with Crippen molar-refractivity contribution >= 4 is 0 Å². The van der Waals surface area contributed by atoms with Gasteiger partial charge < -0.3 is 0 Å². The van der Waals surface area contributed by atoms with Crippen LogP contribution in [0.3, 0.4) is 0 Å². The smallest absolute Gasteiger partial charge is 0.00949 e. The number of rotatable bonds is 2. The molecule has 0 heteroatoms. The maximum Gasteiger partial charge on any atom is -0.00949 e. The maximum atomic E-state index is 2.32. The van der Waals surface area contributed by atoms with Crippen molar-refractivity contribution < 1.29 is 0 Å². The van der Waals surface area contributed by atoms with E-state index in [0.717, 1.165) is 6.42 Å². The van der Waals surface area contributed by atoms with Gasteiger partial charge in [-0.05, 0) is 36.8 Å². The molecular weight excluding hydrogens is 180 g/mol. The molecule has 0 heterocycles. The highest BCUT2D eigenvalue weighted by atomic mass is 14.2. The van der Waals surface area contributed by atoms with Gasteiger partial charge in [-0.25, -0.2) is 0 Å². The van der Waals surface area contributed by atoms with Crippen LogP contribution in [0.15, 0.2) is 35.9 Å². The van der Waals surface area contributed by atoms with E-state index in [1.54, 1.807) is 0 Å². The largest absolute Gasteiger partial charge is 0.0815 e. The van der Waals surface area contributed by atoms with Crippen molar-refractivity contribution in [1.82, 2.24) is 0 Å². The fourth-order valence-corrected chi connectivity index (χ4v) is 1.49. The van der Waals surface area contributed by atoms with Crippen molar-refractivity contribution in [1.29, 1.82) is 0 Å². The molecule has 15 heavy (non-hydrogen) atoms. The van der Waals surface area contributed by atoms with Crippen LogP contribution < -0.4 is 0 Å². The minimum atomic E-state index is 0.251. The van der Waals surface area contributed by atoms with Crippen molar-refractivity contribution in [2.45, 2.75) is 46.5 Å². The predicted molar refractivity (Wildman–Crippen MR) is 68.3 cm³/mol. The highest BCUT2D eigenvalue weighted by Gasteiger charge is 2.12. The number of benzene rings is 1. The normalized spacial score (nSPS) is 11.3. The fraction of sp³-hybridized carbons (Fsp3) is 0.467. The van der Waals surface area contributed by atoms with Gasteiger partial charge in [-0.1, -0.05) is 56.7 Å². The van der Waals surface area contributed by atoms with E-state index in [1.165, 1.54) is 16.7 Å². The molecule has 0 aromatic heterocycles. The molecule has 0 atom stereocenters. The molecule has 0 aliphatic heterocycles. The molecule has 1 rings (SSSR count). The summed E-state index contributed by atoms with van der Waals surface area (Å²) in [6, 6.07) is 8.90. The van der Waals surface area contributed by atoms with Crippen LogP contribution >= 0.6 is 0 Å². The summed E-state index contributed by atoms with van der Waals surface area (Å²) in [5, 5.41) is 0. The second-order valence-corrected chi connectivity index (χ2v) is 5.44. The lowest BCUT2D eigenvalue weighted by molar-refractivity contribution is 0.589. The molecular formula is C15H22. The Labute approximate surface area is 94.0 Å². The van der Waals surface area contributed by atoms with Crippen LogP contribution in [0.5, 0.6) is 0 Å². The first-order valence-corrected chi connectivity index (χ1v) is 5.62. The summed E-state index contributed by atoms with van der Waals surface area (Å²) < 4.78 is 0. The summed E-state index contributed by atoms with van der Waals surface area (Å²) in [7, 11) is 0. The average molecular weight is 202 g/mol. The second-order valence-electron chi connectivity index (χ2n) is 5.44. The Hall–Kier alpha value is -1.04. The van der Waals surface area contributed by atoms with E-state index in [2.05, 4.69) is 65.0 Å². The molecule has 0 N–H and O–H groups in total. The van der Waals surface area contributed by atoms with Crippen LogP contribution in [0.4, 0.5) is 0 Å². The van der Waals surface area contributed by atoms with Gasteiger partial charge in [-0.3, -0.25) is 0 Å². The van der Waals surface area contributed by atoms with E-state index in [0.29, 0.717) is 0 Å². The first kappa shape index (κ1) is 12.0. The molecule has 0 aliphatic carbocycles. The molecule has 0 aliphatic rings. The van der Waals surface area contributed by atoms with Gasteiger partial charge in [0.05, 0.1) is 0 Å². The summed E-state index contributed by atoms with van der Waals surface area (Å²) in [4.78, 5) is 0. The van der Waals surface area contributed by atoms with Crippen LogP contribution in [-0.2, 0) is 11.8 Å². The summed E-state index contributed by atoms with van der Waals surface area (Å²) in [6.45, 7) is 11.1. The SMILES string of the molecule is CC(C)=CCc1cccc(C(C)(C)C)c1. The topological polar surface area (TPSA) is 0 Å². The zero-order valence-electron chi connectivity index (χ0n) is 10.6. The van der Waals surface area contributed by atoms with E-state index < -0.39 is 0 Å². The summed E-state index contributed by atoms with van der Waals surface area (Å²) in [5.74, 6) is 0. The third-order valence-corrected chi connectivity index (χ3v) is 2.54. The Morgan fingerprint density at radius 1 is 1.20 bits per heavy atom. The van der Waals surface area contributed by atoms with E-state index in [4.69, 9.17) is 0 Å². The van der Waals surface area contributed by atoms with Gasteiger partial charge in [0, 0.05) is 0 Å². The van der Waals surface area contributed by atoms with Crippen LogP contribution in [-0.4, -0.2) is 0 Å². The predicted octanol–water partition coefficient (Wildman–Crippen LogP) is 4.49. The zero-order valence-corrected chi connectivity index (χ0v) is 10.6. The van der Waals surface area contributed by atoms with Crippen LogP contribution in [0.2, 0.25) is 0 Å². The van der Waals surface area contributed by atoms with Crippen LogP contribution in [0.25, 0.3) is 0 Å². The molecule has 82 valence electrons. The quantitative estimate of drug-likeness (QED) is 0.620. The van der Waals surface area contributed by atoms with E-state index in [9.17, 15) is 0 Å². The van der Waals surface area contributed by atoms with Gasteiger partial charge in [0.2, 0.25) is 0 Å². The second kappa shape index (κ2) is 4.65. The van der Waals surface area contributed by atoms with E-state index in [1.807, 2.05) is 0 Å². The third kappa shape index (κ3) is 3.91. The molecule has 0 bridgehead atoms. The Morgan fingerprint density at radius 3 is 2.40 bits per heavy atom. The number of hydrogen-bond donors (Lipinski definition) is 0.